The lowest BCUT2D eigenvalue weighted by molar-refractivity contribution is -0.117. The lowest BCUT2D eigenvalue weighted by Gasteiger charge is -2.17. The molecule has 0 saturated carbocycles. The van der Waals surface area contributed by atoms with Gasteiger partial charge in [-0.1, -0.05) is 18.2 Å². The fraction of sp³-hybridized carbons (Fsp3) is 0.182. The molecule has 158 valence electrons. The zero-order valence-corrected chi connectivity index (χ0v) is 17.2. The highest BCUT2D eigenvalue weighted by atomic mass is 32.1. The van der Waals surface area contributed by atoms with Crippen molar-refractivity contribution in [1.82, 2.24) is 4.98 Å². The van der Waals surface area contributed by atoms with Crippen molar-refractivity contribution in [3.05, 3.63) is 71.0 Å². The van der Waals surface area contributed by atoms with Crippen molar-refractivity contribution >= 4 is 45.6 Å². The largest absolute Gasteiger partial charge is 0.326 e. The van der Waals surface area contributed by atoms with Gasteiger partial charge < -0.3 is 10.2 Å². The van der Waals surface area contributed by atoms with E-state index >= 15 is 0 Å². The number of aromatic nitrogens is 1. The number of halogens is 1. The van der Waals surface area contributed by atoms with Gasteiger partial charge in [-0.05, 0) is 36.8 Å². The topological polar surface area (TPSA) is 91.4 Å². The normalized spacial score (nSPS) is 13.3. The number of nitrogens with zero attached hydrogens (tertiary/aromatic N) is 2. The smallest absolute Gasteiger partial charge is 0.257 e. The molecule has 0 spiro atoms. The molecule has 1 aliphatic rings. The van der Waals surface area contributed by atoms with Gasteiger partial charge in [0.2, 0.25) is 11.8 Å². The van der Waals surface area contributed by atoms with Crippen molar-refractivity contribution in [1.29, 1.82) is 0 Å². The Morgan fingerprint density at radius 3 is 2.65 bits per heavy atom. The third kappa shape index (κ3) is 4.95. The molecule has 1 fully saturated rings. The Kier molecular flexibility index (Phi) is 6.03. The van der Waals surface area contributed by atoms with Crippen LogP contribution < -0.4 is 15.5 Å². The Labute approximate surface area is 181 Å². The zero-order valence-electron chi connectivity index (χ0n) is 16.4. The fourth-order valence-electron chi connectivity index (χ4n) is 3.28. The van der Waals surface area contributed by atoms with Crippen molar-refractivity contribution in [2.45, 2.75) is 19.3 Å². The molecule has 0 radical (unpaired) electrons. The number of benzene rings is 2. The Bertz CT molecular complexity index is 1130. The minimum atomic E-state index is -0.562. The van der Waals surface area contributed by atoms with Gasteiger partial charge in [0.05, 0.1) is 17.8 Å². The number of hydrogen-bond acceptors (Lipinski definition) is 5. The molecule has 0 aliphatic carbocycles. The van der Waals surface area contributed by atoms with Crippen molar-refractivity contribution in [3.63, 3.8) is 0 Å². The Morgan fingerprint density at radius 1 is 1.13 bits per heavy atom. The van der Waals surface area contributed by atoms with E-state index in [0.717, 1.165) is 0 Å². The average molecular weight is 438 g/mol. The van der Waals surface area contributed by atoms with E-state index in [1.807, 2.05) is 6.07 Å². The number of thiazole rings is 1. The monoisotopic (exact) mass is 438 g/mol. The van der Waals surface area contributed by atoms with Crippen LogP contribution in [0.2, 0.25) is 0 Å². The molecule has 1 aliphatic heterocycles. The predicted octanol–water partition coefficient (Wildman–Crippen LogP) is 3.84. The van der Waals surface area contributed by atoms with Gasteiger partial charge in [-0.25, -0.2) is 9.37 Å². The van der Waals surface area contributed by atoms with Crippen LogP contribution in [0.5, 0.6) is 0 Å². The Balaban J connectivity index is 1.34. The molecule has 2 N–H and O–H groups in total. The molecular weight excluding hydrogens is 419 g/mol. The third-order valence-electron chi connectivity index (χ3n) is 4.75. The van der Waals surface area contributed by atoms with Crippen molar-refractivity contribution in [2.75, 3.05) is 22.1 Å². The first-order chi connectivity index (χ1) is 15.0. The molecular formula is C22H19FN4O3S. The van der Waals surface area contributed by atoms with Crippen LogP contribution in [-0.2, 0) is 16.0 Å². The van der Waals surface area contributed by atoms with E-state index < -0.39 is 5.82 Å². The summed E-state index contributed by atoms with van der Waals surface area (Å²) in [6, 6.07) is 13.0. The molecule has 1 saturated heterocycles. The molecule has 4 rings (SSSR count). The molecule has 9 heteroatoms. The highest BCUT2D eigenvalue weighted by Gasteiger charge is 2.24. The summed E-state index contributed by atoms with van der Waals surface area (Å²) in [4.78, 5) is 42.0. The van der Waals surface area contributed by atoms with Gasteiger partial charge in [0.1, 0.15) is 5.82 Å². The van der Waals surface area contributed by atoms with Crippen molar-refractivity contribution in [3.8, 4) is 0 Å². The van der Waals surface area contributed by atoms with Gasteiger partial charge in [0, 0.05) is 29.6 Å². The Hall–Kier alpha value is -3.59. The summed E-state index contributed by atoms with van der Waals surface area (Å²) in [5.74, 6) is -1.31. The van der Waals surface area contributed by atoms with E-state index in [-0.39, 0.29) is 29.8 Å². The molecule has 2 heterocycles. The first-order valence-corrected chi connectivity index (χ1v) is 10.6. The van der Waals surface area contributed by atoms with E-state index in [0.29, 0.717) is 41.5 Å². The molecule has 2 aromatic carbocycles. The van der Waals surface area contributed by atoms with Crippen molar-refractivity contribution in [2.24, 2.45) is 0 Å². The molecule has 0 atom stereocenters. The van der Waals surface area contributed by atoms with Crippen LogP contribution in [0.15, 0.2) is 53.9 Å². The molecule has 3 aromatic rings. The number of carbonyl (C=O) groups excluding carboxylic acids is 3. The number of hydrogen-bond donors (Lipinski definition) is 2. The summed E-state index contributed by atoms with van der Waals surface area (Å²) in [6.07, 6.45) is 1.10. The van der Waals surface area contributed by atoms with Crippen molar-refractivity contribution < 1.29 is 18.8 Å². The second-order valence-corrected chi connectivity index (χ2v) is 7.86. The number of anilines is 3. The average Bonchev–Trinajstić information content (AvgIpc) is 3.37. The first kappa shape index (κ1) is 20.7. The maximum absolute atomic E-state index is 14.4. The second kappa shape index (κ2) is 9.05. The second-order valence-electron chi connectivity index (χ2n) is 7.00. The number of rotatable bonds is 6. The lowest BCUT2D eigenvalue weighted by atomic mass is 10.2. The molecule has 0 unspecified atom stereocenters. The number of carbonyl (C=O) groups is 3. The number of nitrogens with one attached hydrogen (secondary N) is 2. The zero-order chi connectivity index (χ0) is 21.8. The minimum Gasteiger partial charge on any atom is -0.326 e. The van der Waals surface area contributed by atoms with Gasteiger partial charge in [0.25, 0.3) is 5.91 Å². The quantitative estimate of drug-likeness (QED) is 0.612. The molecule has 7 nitrogen and oxygen atoms in total. The summed E-state index contributed by atoms with van der Waals surface area (Å²) >= 11 is 1.22. The summed E-state index contributed by atoms with van der Waals surface area (Å²) in [5, 5.41) is 7.41. The molecule has 1 aromatic heterocycles. The van der Waals surface area contributed by atoms with Gasteiger partial charge >= 0.3 is 0 Å². The molecule has 0 bridgehead atoms. The van der Waals surface area contributed by atoms with Crippen LogP contribution in [-0.4, -0.2) is 29.3 Å². The van der Waals surface area contributed by atoms with Crippen LogP contribution in [0.4, 0.5) is 20.9 Å². The molecule has 3 amide bonds. The predicted molar refractivity (Wildman–Crippen MR) is 117 cm³/mol. The Morgan fingerprint density at radius 2 is 1.94 bits per heavy atom. The maximum Gasteiger partial charge on any atom is 0.257 e. The highest BCUT2D eigenvalue weighted by Crippen LogP contribution is 2.27. The molecule has 31 heavy (non-hydrogen) atoms. The van der Waals surface area contributed by atoms with Gasteiger partial charge in [-0.15, -0.1) is 11.3 Å². The summed E-state index contributed by atoms with van der Waals surface area (Å²) < 4.78 is 14.4. The van der Waals surface area contributed by atoms with E-state index in [1.54, 1.807) is 35.7 Å². The van der Waals surface area contributed by atoms with Crippen LogP contribution in [0, 0.1) is 5.82 Å². The van der Waals surface area contributed by atoms with E-state index in [2.05, 4.69) is 15.6 Å². The first-order valence-electron chi connectivity index (χ1n) is 9.70. The van der Waals surface area contributed by atoms with E-state index in [9.17, 15) is 18.8 Å². The van der Waals surface area contributed by atoms with Crippen LogP contribution in [0.25, 0.3) is 0 Å². The lowest BCUT2D eigenvalue weighted by Crippen LogP contribution is -2.24. The van der Waals surface area contributed by atoms with Gasteiger partial charge in [-0.2, -0.15) is 0 Å². The summed E-state index contributed by atoms with van der Waals surface area (Å²) in [7, 11) is 0. The minimum absolute atomic E-state index is 0.0221. The van der Waals surface area contributed by atoms with E-state index in [1.165, 1.54) is 28.4 Å². The fourth-order valence-corrected chi connectivity index (χ4v) is 3.99. The van der Waals surface area contributed by atoms with E-state index in [4.69, 9.17) is 0 Å². The highest BCUT2D eigenvalue weighted by molar-refractivity contribution is 7.14. The summed E-state index contributed by atoms with van der Waals surface area (Å²) in [6.45, 7) is 0.494. The van der Waals surface area contributed by atoms with Gasteiger partial charge in [0.15, 0.2) is 5.13 Å². The van der Waals surface area contributed by atoms with Crippen LogP contribution in [0.1, 0.15) is 28.9 Å². The SMILES string of the molecule is O=C(Cc1csc(NC(=O)c2ccccc2)n1)Nc1ccc(N2CCCC2=O)c(F)c1. The van der Waals surface area contributed by atoms with Gasteiger partial charge in [-0.3, -0.25) is 19.7 Å². The standard InChI is InChI=1S/C22H19FN4O3S/c23-17-11-15(8-9-18(17)27-10-4-7-20(27)29)24-19(28)12-16-13-31-22(25-16)26-21(30)14-5-2-1-3-6-14/h1-3,5-6,8-9,11,13H,4,7,10,12H2,(H,24,28)(H,25,26,30). The maximum atomic E-state index is 14.4. The summed E-state index contributed by atoms with van der Waals surface area (Å²) in [5.41, 5.74) is 1.52. The van der Waals surface area contributed by atoms with Crippen LogP contribution >= 0.6 is 11.3 Å². The van der Waals surface area contributed by atoms with Crippen LogP contribution in [0.3, 0.4) is 0 Å². The third-order valence-corrected chi connectivity index (χ3v) is 5.55. The number of amides is 3.